The molecule has 0 aliphatic heterocycles. The second-order valence-electron chi connectivity index (χ2n) is 10.3. The molecule has 202 valence electrons. The van der Waals surface area contributed by atoms with Gasteiger partial charge in [-0.15, -0.1) is 0 Å². The molecule has 2 aromatic heterocycles. The lowest BCUT2D eigenvalue weighted by molar-refractivity contribution is 0.313. The number of aromatic nitrogens is 2. The van der Waals surface area contributed by atoms with Gasteiger partial charge >= 0.3 is 0 Å². The number of rotatable bonds is 14. The van der Waals surface area contributed by atoms with Crippen LogP contribution in [0, 0.1) is 0 Å². The first-order valence-electron chi connectivity index (χ1n) is 13.2. The van der Waals surface area contributed by atoms with Crippen LogP contribution in [-0.2, 0) is 21.6 Å². The zero-order valence-corrected chi connectivity index (χ0v) is 22.9. The summed E-state index contributed by atoms with van der Waals surface area (Å²) in [4.78, 5) is 23.5. The Balaban J connectivity index is 1.27. The summed E-state index contributed by atoms with van der Waals surface area (Å²) in [5.41, 5.74) is 0.816. The van der Waals surface area contributed by atoms with Gasteiger partial charge in [0.25, 0.3) is 11.1 Å². The largest absolute Gasteiger partial charge is 0.383 e. The maximum absolute atomic E-state index is 12.8. The molecule has 0 radical (unpaired) electrons. The van der Waals surface area contributed by atoms with E-state index < -0.39 is 21.6 Å². The molecule has 0 saturated carbocycles. The van der Waals surface area contributed by atoms with E-state index in [0.29, 0.717) is 23.0 Å². The maximum atomic E-state index is 12.8. The number of H-pyrrole nitrogens is 2. The highest BCUT2D eigenvalue weighted by molar-refractivity contribution is 7.84. The van der Waals surface area contributed by atoms with Gasteiger partial charge in [0.15, 0.2) is 0 Å². The number of nitrogens with one attached hydrogen (secondary N) is 2. The number of hydrogen-bond donors (Lipinski definition) is 2. The Morgan fingerprint density at radius 1 is 0.658 bits per heavy atom. The summed E-state index contributed by atoms with van der Waals surface area (Å²) in [5, 5.41) is 4.82. The summed E-state index contributed by atoms with van der Waals surface area (Å²) >= 11 is 0. The number of aromatic amines is 2. The number of hydrogen-bond acceptors (Lipinski definition) is 5. The summed E-state index contributed by atoms with van der Waals surface area (Å²) in [6.07, 6.45) is 4.97. The molecule has 38 heavy (non-hydrogen) atoms. The lowest BCUT2D eigenvalue weighted by atomic mass is 9.76. The van der Waals surface area contributed by atoms with Gasteiger partial charge in [0, 0.05) is 34.4 Å². The van der Waals surface area contributed by atoms with Crippen LogP contribution in [0.15, 0.2) is 91.4 Å². The molecule has 2 N–H and O–H groups in total. The minimum Gasteiger partial charge on any atom is -0.383 e. The molecular formula is C30H36N2O5S. The molecule has 0 aliphatic rings. The molecule has 4 aromatic rings. The Labute approximate surface area is 225 Å². The summed E-state index contributed by atoms with van der Waals surface area (Å²) in [6, 6.07) is 23.1. The van der Waals surface area contributed by atoms with Gasteiger partial charge in [-0.1, -0.05) is 73.5 Å². The third-order valence-corrected chi connectivity index (χ3v) is 9.04. The van der Waals surface area contributed by atoms with Crippen molar-refractivity contribution in [3.63, 3.8) is 0 Å². The van der Waals surface area contributed by atoms with Crippen molar-refractivity contribution in [1.29, 1.82) is 0 Å². The molecule has 2 aromatic carbocycles. The van der Waals surface area contributed by atoms with Gasteiger partial charge in [0.2, 0.25) is 0 Å². The van der Waals surface area contributed by atoms with Crippen LogP contribution in [0.2, 0.25) is 0 Å². The fourth-order valence-corrected chi connectivity index (χ4v) is 6.38. The SMILES string of the molecule is CC(CCCCS(=O)CCCCC(C)(c1ccccc1)c1cc(=O)[nH]o1)(c1ccccc1)c1cc(=O)[nH]o1. The van der Waals surface area contributed by atoms with Crippen LogP contribution in [0.3, 0.4) is 0 Å². The maximum Gasteiger partial charge on any atom is 0.280 e. The van der Waals surface area contributed by atoms with Crippen LogP contribution < -0.4 is 11.1 Å². The Bertz CT molecular complexity index is 1310. The van der Waals surface area contributed by atoms with Crippen LogP contribution in [-0.4, -0.2) is 26.0 Å². The summed E-state index contributed by atoms with van der Waals surface area (Å²) < 4.78 is 23.8. The Morgan fingerprint density at radius 3 is 1.39 bits per heavy atom. The lowest BCUT2D eigenvalue weighted by Gasteiger charge is -2.27. The molecule has 0 saturated heterocycles. The standard InChI is InChI=1S/C30H36N2O5S/c1-29(23-13-5-3-6-14-23,25-21-27(33)31-36-25)17-9-11-19-38(35)20-12-10-18-30(2,24-15-7-4-8-16-24)26-22-28(34)32-37-26/h3-8,13-16,21-22H,9-12,17-20H2,1-2H3,(H,31,33)(H,32,34). The topological polar surface area (TPSA) is 109 Å². The van der Waals surface area contributed by atoms with E-state index >= 15 is 0 Å². The van der Waals surface area contributed by atoms with Gasteiger partial charge < -0.3 is 9.05 Å². The van der Waals surface area contributed by atoms with E-state index in [0.717, 1.165) is 49.7 Å². The van der Waals surface area contributed by atoms with Gasteiger partial charge in [-0.3, -0.25) is 13.8 Å². The molecule has 0 fully saturated rings. The highest BCUT2D eigenvalue weighted by Crippen LogP contribution is 2.37. The predicted octanol–water partition coefficient (Wildman–Crippen LogP) is 5.65. The molecular weight excluding hydrogens is 500 g/mol. The average molecular weight is 537 g/mol. The molecule has 8 heteroatoms. The molecule has 0 bridgehead atoms. The minimum atomic E-state index is -0.905. The molecule has 2 heterocycles. The Hall–Kier alpha value is -3.39. The van der Waals surface area contributed by atoms with E-state index in [1.807, 2.05) is 60.7 Å². The van der Waals surface area contributed by atoms with E-state index in [1.54, 1.807) is 0 Å². The third kappa shape index (κ3) is 6.54. The third-order valence-electron chi connectivity index (χ3n) is 7.55. The van der Waals surface area contributed by atoms with Gasteiger partial charge in [0.05, 0.1) is 10.8 Å². The molecule has 7 nitrogen and oxygen atoms in total. The van der Waals surface area contributed by atoms with Crippen LogP contribution >= 0.6 is 0 Å². The number of benzene rings is 2. The summed E-state index contributed by atoms with van der Waals surface area (Å²) in [5.74, 6) is 2.53. The van der Waals surface area contributed by atoms with E-state index in [-0.39, 0.29) is 11.1 Å². The first kappa shape index (κ1) is 27.6. The second-order valence-corrected chi connectivity index (χ2v) is 12.0. The van der Waals surface area contributed by atoms with Crippen LogP contribution in [0.25, 0.3) is 0 Å². The number of unbranched alkanes of at least 4 members (excludes halogenated alkanes) is 2. The van der Waals surface area contributed by atoms with Gasteiger partial charge in [-0.2, -0.15) is 10.3 Å². The quantitative estimate of drug-likeness (QED) is 0.202. The molecule has 0 amide bonds. The zero-order chi connectivity index (χ0) is 27.0. The molecule has 0 aliphatic carbocycles. The fourth-order valence-electron chi connectivity index (χ4n) is 5.13. The molecule has 2 unspecified atom stereocenters. The van der Waals surface area contributed by atoms with Crippen LogP contribution in [0.5, 0.6) is 0 Å². The van der Waals surface area contributed by atoms with Gasteiger partial charge in [-0.25, -0.2) is 0 Å². The van der Waals surface area contributed by atoms with Crippen molar-refractivity contribution < 1.29 is 13.3 Å². The lowest BCUT2D eigenvalue weighted by Crippen LogP contribution is -2.24. The van der Waals surface area contributed by atoms with E-state index in [9.17, 15) is 13.8 Å². The van der Waals surface area contributed by atoms with Crippen molar-refractivity contribution in [3.05, 3.63) is 116 Å². The van der Waals surface area contributed by atoms with Crippen molar-refractivity contribution in [1.82, 2.24) is 10.3 Å². The summed E-state index contributed by atoms with van der Waals surface area (Å²) in [6.45, 7) is 4.17. The smallest absolute Gasteiger partial charge is 0.280 e. The second kappa shape index (κ2) is 12.4. The van der Waals surface area contributed by atoms with Gasteiger partial charge in [-0.05, 0) is 50.7 Å². The van der Waals surface area contributed by atoms with E-state index in [1.165, 1.54) is 12.1 Å². The van der Waals surface area contributed by atoms with Crippen molar-refractivity contribution in [3.8, 4) is 0 Å². The Morgan fingerprint density at radius 2 is 1.05 bits per heavy atom. The van der Waals surface area contributed by atoms with Crippen molar-refractivity contribution in [2.45, 2.75) is 63.2 Å². The summed E-state index contributed by atoms with van der Waals surface area (Å²) in [7, 11) is -0.905. The molecule has 2 atom stereocenters. The normalized spacial score (nSPS) is 15.5. The van der Waals surface area contributed by atoms with Crippen LogP contribution in [0.4, 0.5) is 0 Å². The molecule has 4 rings (SSSR count). The monoisotopic (exact) mass is 536 g/mol. The fraction of sp³-hybridized carbons (Fsp3) is 0.400. The van der Waals surface area contributed by atoms with Crippen molar-refractivity contribution >= 4 is 10.8 Å². The Kier molecular flexibility index (Phi) is 9.05. The highest BCUT2D eigenvalue weighted by Gasteiger charge is 2.33. The average Bonchev–Trinajstić information content (AvgIpc) is 3.58. The van der Waals surface area contributed by atoms with Gasteiger partial charge in [0.1, 0.15) is 11.5 Å². The first-order chi connectivity index (χ1) is 18.3. The van der Waals surface area contributed by atoms with Crippen molar-refractivity contribution in [2.24, 2.45) is 0 Å². The predicted molar refractivity (Wildman–Crippen MR) is 150 cm³/mol. The molecule has 0 spiro atoms. The first-order valence-corrected chi connectivity index (χ1v) is 14.6. The highest BCUT2D eigenvalue weighted by atomic mass is 32.2. The van der Waals surface area contributed by atoms with E-state index in [4.69, 9.17) is 9.05 Å². The van der Waals surface area contributed by atoms with Crippen LogP contribution in [0.1, 0.15) is 75.0 Å². The van der Waals surface area contributed by atoms with Crippen molar-refractivity contribution in [2.75, 3.05) is 11.5 Å². The zero-order valence-electron chi connectivity index (χ0n) is 22.0. The van der Waals surface area contributed by atoms with E-state index in [2.05, 4.69) is 24.2 Å². The minimum absolute atomic E-state index is 0.245.